The molecule has 1 saturated heterocycles. The van der Waals surface area contributed by atoms with Crippen molar-refractivity contribution >= 4 is 0 Å². The van der Waals surface area contributed by atoms with Crippen molar-refractivity contribution in [3.05, 3.63) is 54.6 Å². The lowest BCUT2D eigenvalue weighted by atomic mass is 9.81. The Morgan fingerprint density at radius 3 is 2.73 bits per heavy atom. The summed E-state index contributed by atoms with van der Waals surface area (Å²) in [5, 5.41) is 14.3. The van der Waals surface area contributed by atoms with Crippen LogP contribution in [-0.4, -0.2) is 44.3 Å². The van der Waals surface area contributed by atoms with Gasteiger partial charge in [-0.05, 0) is 49.6 Å². The second-order valence-corrected chi connectivity index (χ2v) is 7.10. The van der Waals surface area contributed by atoms with Gasteiger partial charge in [0.05, 0.1) is 12.3 Å². The molecule has 0 amide bonds. The van der Waals surface area contributed by atoms with Gasteiger partial charge in [0.25, 0.3) is 0 Å². The van der Waals surface area contributed by atoms with E-state index in [1.165, 1.54) is 0 Å². The highest BCUT2D eigenvalue weighted by atomic mass is 16.5. The van der Waals surface area contributed by atoms with E-state index in [9.17, 15) is 5.11 Å². The van der Waals surface area contributed by atoms with E-state index >= 15 is 0 Å². The van der Waals surface area contributed by atoms with Crippen molar-refractivity contribution in [1.82, 2.24) is 19.3 Å². The number of aryl methyl sites for hydroxylation is 1. The molecule has 2 aromatic heterocycles. The van der Waals surface area contributed by atoms with E-state index < -0.39 is 0 Å². The Morgan fingerprint density at radius 1 is 1.19 bits per heavy atom. The molecule has 1 aliphatic rings. The molecule has 3 aromatic rings. The number of rotatable bonds is 5. The molecule has 0 radical (unpaired) electrons. The van der Waals surface area contributed by atoms with Gasteiger partial charge in [-0.25, -0.2) is 9.67 Å². The fourth-order valence-electron chi connectivity index (χ4n) is 3.68. The fourth-order valence-corrected chi connectivity index (χ4v) is 3.68. The first-order valence-corrected chi connectivity index (χ1v) is 9.02. The van der Waals surface area contributed by atoms with Gasteiger partial charge in [-0.2, -0.15) is 5.10 Å². The largest absolute Gasteiger partial charge is 0.396 e. The zero-order chi connectivity index (χ0) is 18.0. The molecule has 4 rings (SSSR count). The summed E-state index contributed by atoms with van der Waals surface area (Å²) in [5.41, 5.74) is 3.16. The molecule has 0 spiro atoms. The molecular weight excluding hydrogens is 328 g/mol. The monoisotopic (exact) mass is 352 g/mol. The number of nitrogens with zero attached hydrogens (tertiary/aromatic N) is 4. The van der Waals surface area contributed by atoms with Gasteiger partial charge < -0.3 is 14.4 Å². The predicted molar refractivity (Wildman–Crippen MR) is 99.1 cm³/mol. The first kappa shape index (κ1) is 17.0. The van der Waals surface area contributed by atoms with Crippen molar-refractivity contribution in [2.45, 2.75) is 26.3 Å². The summed E-state index contributed by atoms with van der Waals surface area (Å²) >= 11 is 0. The van der Waals surface area contributed by atoms with E-state index in [1.54, 1.807) is 6.20 Å². The maximum atomic E-state index is 10.00. The Balaban J connectivity index is 1.64. The van der Waals surface area contributed by atoms with Gasteiger partial charge in [0.2, 0.25) is 0 Å². The minimum Gasteiger partial charge on any atom is -0.396 e. The fraction of sp³-hybridized carbons (Fsp3) is 0.400. The van der Waals surface area contributed by atoms with Gasteiger partial charge in [-0.1, -0.05) is 0 Å². The van der Waals surface area contributed by atoms with Gasteiger partial charge in [0, 0.05) is 55.5 Å². The number of ether oxygens (including phenoxy) is 1. The van der Waals surface area contributed by atoms with Crippen LogP contribution in [0.25, 0.3) is 17.1 Å². The van der Waals surface area contributed by atoms with Crippen LogP contribution in [0, 0.1) is 12.3 Å². The minimum atomic E-state index is -0.128. The molecule has 3 heterocycles. The third kappa shape index (κ3) is 3.18. The molecule has 26 heavy (non-hydrogen) atoms. The lowest BCUT2D eigenvalue weighted by Crippen LogP contribution is -2.37. The average molecular weight is 352 g/mol. The smallest absolute Gasteiger partial charge is 0.140 e. The Morgan fingerprint density at radius 2 is 2.04 bits per heavy atom. The van der Waals surface area contributed by atoms with Crippen molar-refractivity contribution in [2.24, 2.45) is 5.41 Å². The maximum Gasteiger partial charge on any atom is 0.140 e. The topological polar surface area (TPSA) is 65.1 Å². The number of aliphatic hydroxyl groups excluding tert-OH is 1. The molecule has 136 valence electrons. The number of benzene rings is 1. The summed E-state index contributed by atoms with van der Waals surface area (Å²) in [7, 11) is 0. The second kappa shape index (κ2) is 7.05. The van der Waals surface area contributed by atoms with Crippen LogP contribution in [0.15, 0.2) is 49.1 Å². The molecule has 6 heteroatoms. The number of aliphatic hydroxyl groups is 1. The summed E-state index contributed by atoms with van der Waals surface area (Å²) in [6, 6.07) is 8.20. The summed E-state index contributed by atoms with van der Waals surface area (Å²) in [5.74, 6) is 0.939. The second-order valence-electron chi connectivity index (χ2n) is 7.10. The zero-order valence-electron chi connectivity index (χ0n) is 15.0. The van der Waals surface area contributed by atoms with E-state index in [4.69, 9.17) is 4.74 Å². The normalized spacial score (nSPS) is 16.7. The SMILES string of the molecule is Cc1cc(-n2cccn2)ccc1-c1nccn1CC1(CO)CCOCC1. The Bertz CT molecular complexity index is 864. The molecule has 1 aliphatic heterocycles. The van der Waals surface area contributed by atoms with E-state index in [0.717, 1.165) is 42.0 Å². The molecule has 0 unspecified atom stereocenters. The first-order chi connectivity index (χ1) is 12.7. The van der Waals surface area contributed by atoms with Crippen molar-refractivity contribution in [1.29, 1.82) is 0 Å². The standard InChI is InChI=1S/C20H24N4O2/c1-16-13-17(24-9-2-7-22-24)3-4-18(16)19-21-8-10-23(19)14-20(15-25)5-11-26-12-6-20/h2-4,7-10,13,25H,5-6,11-12,14-15H2,1H3. The molecule has 1 fully saturated rings. The molecule has 6 nitrogen and oxygen atoms in total. The van der Waals surface area contributed by atoms with Crippen molar-refractivity contribution < 1.29 is 9.84 Å². The number of hydrogen-bond donors (Lipinski definition) is 1. The van der Waals surface area contributed by atoms with Crippen LogP contribution >= 0.6 is 0 Å². The Kier molecular flexibility index (Phi) is 4.61. The Labute approximate surface area is 153 Å². The highest BCUT2D eigenvalue weighted by Gasteiger charge is 2.33. The molecule has 0 saturated carbocycles. The number of aromatic nitrogens is 4. The van der Waals surface area contributed by atoms with Crippen LogP contribution in [0.4, 0.5) is 0 Å². The highest BCUT2D eigenvalue weighted by Crippen LogP contribution is 2.34. The van der Waals surface area contributed by atoms with Gasteiger partial charge >= 0.3 is 0 Å². The van der Waals surface area contributed by atoms with E-state index in [-0.39, 0.29) is 12.0 Å². The van der Waals surface area contributed by atoms with Crippen LogP contribution in [0.3, 0.4) is 0 Å². The Hall–Kier alpha value is -2.44. The van der Waals surface area contributed by atoms with E-state index in [1.807, 2.05) is 29.3 Å². The predicted octanol–water partition coefficient (Wildman–Crippen LogP) is 2.83. The van der Waals surface area contributed by atoms with E-state index in [2.05, 4.69) is 39.8 Å². The van der Waals surface area contributed by atoms with Crippen LogP contribution in [-0.2, 0) is 11.3 Å². The summed E-state index contributed by atoms with van der Waals surface area (Å²) in [6.07, 6.45) is 9.30. The van der Waals surface area contributed by atoms with Crippen molar-refractivity contribution in [3.63, 3.8) is 0 Å². The zero-order valence-corrected chi connectivity index (χ0v) is 15.0. The molecule has 0 aliphatic carbocycles. The van der Waals surface area contributed by atoms with Gasteiger partial charge in [0.15, 0.2) is 0 Å². The summed E-state index contributed by atoms with van der Waals surface area (Å²) in [6.45, 7) is 4.44. The summed E-state index contributed by atoms with van der Waals surface area (Å²) < 4.78 is 9.50. The van der Waals surface area contributed by atoms with Crippen LogP contribution in [0.5, 0.6) is 0 Å². The maximum absolute atomic E-state index is 10.00. The van der Waals surface area contributed by atoms with Crippen molar-refractivity contribution in [3.8, 4) is 17.1 Å². The van der Waals surface area contributed by atoms with Crippen molar-refractivity contribution in [2.75, 3.05) is 19.8 Å². The number of imidazole rings is 1. The van der Waals surface area contributed by atoms with Crippen LogP contribution in [0.1, 0.15) is 18.4 Å². The van der Waals surface area contributed by atoms with Crippen LogP contribution < -0.4 is 0 Å². The van der Waals surface area contributed by atoms with Crippen LogP contribution in [0.2, 0.25) is 0 Å². The highest BCUT2D eigenvalue weighted by molar-refractivity contribution is 5.63. The van der Waals surface area contributed by atoms with Gasteiger partial charge in [-0.15, -0.1) is 0 Å². The minimum absolute atomic E-state index is 0.128. The third-order valence-electron chi connectivity index (χ3n) is 5.33. The van der Waals surface area contributed by atoms with Gasteiger partial charge in [0.1, 0.15) is 5.82 Å². The molecule has 0 bridgehead atoms. The third-order valence-corrected chi connectivity index (χ3v) is 5.33. The molecular formula is C20H24N4O2. The lowest BCUT2D eigenvalue weighted by Gasteiger charge is -2.36. The quantitative estimate of drug-likeness (QED) is 0.767. The lowest BCUT2D eigenvalue weighted by molar-refractivity contribution is -0.0250. The molecule has 0 atom stereocenters. The molecule has 1 aromatic carbocycles. The average Bonchev–Trinajstić information content (AvgIpc) is 3.35. The molecule has 1 N–H and O–H groups in total. The number of hydrogen-bond acceptors (Lipinski definition) is 4. The van der Waals surface area contributed by atoms with E-state index in [0.29, 0.717) is 13.2 Å². The summed E-state index contributed by atoms with van der Waals surface area (Å²) in [4.78, 5) is 4.60. The van der Waals surface area contributed by atoms with Gasteiger partial charge in [-0.3, -0.25) is 0 Å². The first-order valence-electron chi connectivity index (χ1n) is 9.02.